The number of ether oxygens (including phenoxy) is 3. The Morgan fingerprint density at radius 3 is 2.80 bits per heavy atom. The van der Waals surface area contributed by atoms with Crippen LogP contribution in [-0.4, -0.2) is 38.5 Å². The summed E-state index contributed by atoms with van der Waals surface area (Å²) >= 11 is 0. The van der Waals surface area contributed by atoms with Crippen LogP contribution in [0.15, 0.2) is 12.7 Å². The van der Waals surface area contributed by atoms with E-state index in [1.165, 1.54) is 0 Å². The molecular formula is C21H34O4. The molecule has 25 heavy (non-hydrogen) atoms. The number of methoxy groups -OCH3 is 1. The highest BCUT2D eigenvalue weighted by atomic mass is 16.7. The zero-order chi connectivity index (χ0) is 18.2. The summed E-state index contributed by atoms with van der Waals surface area (Å²) < 4.78 is 17.0. The van der Waals surface area contributed by atoms with E-state index in [2.05, 4.69) is 27.4 Å². The van der Waals surface area contributed by atoms with Crippen molar-refractivity contribution in [3.63, 3.8) is 0 Å². The summed E-state index contributed by atoms with van der Waals surface area (Å²) in [5, 5.41) is 0. The van der Waals surface area contributed by atoms with Crippen molar-refractivity contribution in [3.8, 4) is 0 Å². The Kier molecular flexibility index (Phi) is 5.44. The highest BCUT2D eigenvalue weighted by molar-refractivity contribution is 5.85. The Labute approximate surface area is 152 Å². The molecule has 2 bridgehead atoms. The summed E-state index contributed by atoms with van der Waals surface area (Å²) in [6.45, 7) is 12.1. The smallest absolute Gasteiger partial charge is 0.146 e. The molecule has 3 unspecified atom stereocenters. The minimum atomic E-state index is -0.122. The van der Waals surface area contributed by atoms with Gasteiger partial charge in [0.1, 0.15) is 12.6 Å². The Hall–Kier alpha value is -0.710. The molecule has 0 aromatic rings. The molecule has 6 atom stereocenters. The van der Waals surface area contributed by atoms with Crippen LogP contribution in [0.2, 0.25) is 0 Å². The van der Waals surface area contributed by atoms with Gasteiger partial charge in [-0.25, -0.2) is 0 Å². The van der Waals surface area contributed by atoms with Gasteiger partial charge in [0.05, 0.1) is 18.8 Å². The number of allylic oxidation sites excluding steroid dienone is 1. The molecule has 2 saturated carbocycles. The van der Waals surface area contributed by atoms with Crippen molar-refractivity contribution in [2.75, 3.05) is 27.1 Å². The summed E-state index contributed by atoms with van der Waals surface area (Å²) in [7, 11) is 1.64. The lowest BCUT2D eigenvalue weighted by molar-refractivity contribution is -0.174. The fourth-order valence-corrected chi connectivity index (χ4v) is 5.93. The number of ketones is 1. The molecule has 0 amide bonds. The van der Waals surface area contributed by atoms with Gasteiger partial charge in [0.25, 0.3) is 0 Å². The molecular weight excluding hydrogens is 316 g/mol. The second-order valence-electron chi connectivity index (χ2n) is 9.11. The first-order valence-corrected chi connectivity index (χ1v) is 9.69. The number of carbonyl (C=O) groups excluding carboxylic acids is 1. The second kappa shape index (κ2) is 7.13. The van der Waals surface area contributed by atoms with E-state index in [1.54, 1.807) is 7.11 Å². The summed E-state index contributed by atoms with van der Waals surface area (Å²) in [5.74, 6) is 1.54. The first-order valence-electron chi connectivity index (χ1n) is 9.69. The molecule has 0 aromatic carbocycles. The zero-order valence-electron chi connectivity index (χ0n) is 16.3. The molecule has 4 nitrogen and oxygen atoms in total. The van der Waals surface area contributed by atoms with E-state index in [-0.39, 0.29) is 35.6 Å². The van der Waals surface area contributed by atoms with Crippen LogP contribution in [0.3, 0.4) is 0 Å². The van der Waals surface area contributed by atoms with Crippen LogP contribution < -0.4 is 0 Å². The predicted molar refractivity (Wildman–Crippen MR) is 97.1 cm³/mol. The molecule has 4 heteroatoms. The van der Waals surface area contributed by atoms with Gasteiger partial charge in [0, 0.05) is 18.9 Å². The maximum absolute atomic E-state index is 13.5. The van der Waals surface area contributed by atoms with Crippen LogP contribution in [0.25, 0.3) is 0 Å². The summed E-state index contributed by atoms with van der Waals surface area (Å²) in [5.41, 5.74) is 0.0174. The lowest BCUT2D eigenvalue weighted by atomic mass is 9.56. The highest BCUT2D eigenvalue weighted by Gasteiger charge is 2.58. The van der Waals surface area contributed by atoms with E-state index in [0.717, 1.165) is 25.7 Å². The third-order valence-electron chi connectivity index (χ3n) is 7.32. The third-order valence-corrected chi connectivity index (χ3v) is 7.32. The van der Waals surface area contributed by atoms with Crippen molar-refractivity contribution < 1.29 is 19.0 Å². The van der Waals surface area contributed by atoms with Gasteiger partial charge in [0.2, 0.25) is 0 Å². The van der Waals surface area contributed by atoms with Gasteiger partial charge in [-0.1, -0.05) is 13.0 Å². The number of hydrogen-bond donors (Lipinski definition) is 0. The molecule has 0 radical (unpaired) electrons. The molecule has 3 rings (SSSR count). The normalized spacial score (nSPS) is 42.7. The van der Waals surface area contributed by atoms with Gasteiger partial charge < -0.3 is 14.2 Å². The molecule has 0 spiro atoms. The molecule has 3 aliphatic rings. The zero-order valence-corrected chi connectivity index (χ0v) is 16.3. The van der Waals surface area contributed by atoms with Gasteiger partial charge >= 0.3 is 0 Å². The Morgan fingerprint density at radius 1 is 1.36 bits per heavy atom. The minimum absolute atomic E-state index is 0.0158. The predicted octanol–water partition coefficient (Wildman–Crippen LogP) is 3.85. The van der Waals surface area contributed by atoms with Gasteiger partial charge in [-0.15, -0.1) is 6.58 Å². The second-order valence-corrected chi connectivity index (χ2v) is 9.11. The number of rotatable bonds is 6. The fourth-order valence-electron chi connectivity index (χ4n) is 5.93. The Morgan fingerprint density at radius 2 is 2.12 bits per heavy atom. The SMILES string of the molecule is C=CCC1C(=O)[C@@H]2COC(C)(C)C3CC[C@@](C)(CC32)[C@H]1COCOC. The number of fused-ring (bicyclic) bond motifs is 1. The Bertz CT molecular complexity index is 514. The lowest BCUT2D eigenvalue weighted by Gasteiger charge is -2.53. The van der Waals surface area contributed by atoms with E-state index < -0.39 is 0 Å². The van der Waals surface area contributed by atoms with Crippen molar-refractivity contribution in [3.05, 3.63) is 12.7 Å². The number of hydrogen-bond acceptors (Lipinski definition) is 4. The summed E-state index contributed by atoms with van der Waals surface area (Å²) in [4.78, 5) is 13.5. The highest BCUT2D eigenvalue weighted by Crippen LogP contribution is 2.59. The Balaban J connectivity index is 1.95. The van der Waals surface area contributed by atoms with Crippen LogP contribution in [0.5, 0.6) is 0 Å². The maximum atomic E-state index is 13.5. The lowest BCUT2D eigenvalue weighted by Crippen LogP contribution is -2.53. The molecule has 3 fully saturated rings. The van der Waals surface area contributed by atoms with E-state index in [1.807, 2.05) is 6.08 Å². The first kappa shape index (κ1) is 19.1. The monoisotopic (exact) mass is 350 g/mol. The van der Waals surface area contributed by atoms with E-state index in [0.29, 0.717) is 30.8 Å². The van der Waals surface area contributed by atoms with Crippen molar-refractivity contribution in [1.29, 1.82) is 0 Å². The van der Waals surface area contributed by atoms with E-state index in [4.69, 9.17) is 14.2 Å². The topological polar surface area (TPSA) is 44.8 Å². The van der Waals surface area contributed by atoms with Gasteiger partial charge in [-0.2, -0.15) is 0 Å². The average Bonchev–Trinajstić information content (AvgIpc) is 2.62. The standard InChI is InChI=1S/C21H34O4/c1-6-7-14-18(12-24-13-23-5)21(4)9-8-17-15(10-21)16(19(14)22)11-25-20(17,2)3/h6,14-18H,1,7-13H2,2-5H3/t14?,15?,16-,17?,18+,21+/m1/s1. The molecule has 1 heterocycles. The molecule has 142 valence electrons. The van der Waals surface area contributed by atoms with Crippen LogP contribution in [0, 0.1) is 35.0 Å². The van der Waals surface area contributed by atoms with E-state index in [9.17, 15) is 4.79 Å². The van der Waals surface area contributed by atoms with Crippen molar-refractivity contribution in [2.24, 2.45) is 35.0 Å². The first-order chi connectivity index (χ1) is 11.8. The summed E-state index contributed by atoms with van der Waals surface area (Å²) in [6, 6.07) is 0. The number of carbonyl (C=O) groups is 1. The molecule has 0 aromatic heterocycles. The third kappa shape index (κ3) is 3.33. The average molecular weight is 350 g/mol. The summed E-state index contributed by atoms with van der Waals surface area (Å²) in [6.07, 6.45) is 6.01. The minimum Gasteiger partial charge on any atom is -0.375 e. The maximum Gasteiger partial charge on any atom is 0.146 e. The van der Waals surface area contributed by atoms with Crippen molar-refractivity contribution in [2.45, 2.75) is 52.1 Å². The largest absolute Gasteiger partial charge is 0.375 e. The van der Waals surface area contributed by atoms with Gasteiger partial charge in [-0.05, 0) is 62.7 Å². The number of Topliss-reactive ketones (excluding diaryl/α,β-unsaturated/α-hetero) is 1. The molecule has 0 N–H and O–H groups in total. The fraction of sp³-hybridized carbons (Fsp3) is 0.857. The van der Waals surface area contributed by atoms with Gasteiger partial charge in [-0.3, -0.25) is 4.79 Å². The van der Waals surface area contributed by atoms with Crippen LogP contribution in [0.1, 0.15) is 46.5 Å². The van der Waals surface area contributed by atoms with Crippen molar-refractivity contribution >= 4 is 5.78 Å². The van der Waals surface area contributed by atoms with E-state index >= 15 is 0 Å². The van der Waals surface area contributed by atoms with Crippen LogP contribution in [-0.2, 0) is 19.0 Å². The molecule has 1 aliphatic heterocycles. The quantitative estimate of drug-likeness (QED) is 0.415. The van der Waals surface area contributed by atoms with Gasteiger partial charge in [0.15, 0.2) is 0 Å². The van der Waals surface area contributed by atoms with Crippen LogP contribution >= 0.6 is 0 Å². The van der Waals surface area contributed by atoms with Crippen LogP contribution in [0.4, 0.5) is 0 Å². The van der Waals surface area contributed by atoms with Crippen molar-refractivity contribution in [1.82, 2.24) is 0 Å². The molecule has 1 saturated heterocycles. The molecule has 2 aliphatic carbocycles.